The van der Waals surface area contributed by atoms with Crippen LogP contribution >= 0.6 is 0 Å². The standard InChI is InChI=1S/C20H24N2O2.Na/c23-20(24)10-11-21-12-14-22(15-13-21)19-8-6-18(7-9-19)16-17-4-2-1-3-5-17;/h1-9H,10-16H2,(H,23,24);/q;+1/p-1. The Balaban J connectivity index is 0.00000225. The quantitative estimate of drug-likeness (QED) is 0.600. The second-order valence-corrected chi connectivity index (χ2v) is 6.28. The zero-order chi connectivity index (χ0) is 16.8. The maximum absolute atomic E-state index is 10.5. The Kier molecular flexibility index (Phi) is 7.97. The van der Waals surface area contributed by atoms with Crippen LogP contribution < -0.4 is 39.6 Å². The van der Waals surface area contributed by atoms with Gasteiger partial charge in [-0.1, -0.05) is 42.5 Å². The summed E-state index contributed by atoms with van der Waals surface area (Å²) in [5.41, 5.74) is 3.88. The molecule has 1 fully saturated rings. The topological polar surface area (TPSA) is 46.6 Å². The number of carboxylic acids is 1. The van der Waals surface area contributed by atoms with Gasteiger partial charge in [-0.2, -0.15) is 0 Å². The zero-order valence-electron chi connectivity index (χ0n) is 14.9. The molecule has 0 N–H and O–H groups in total. The molecule has 2 aromatic rings. The van der Waals surface area contributed by atoms with E-state index in [1.54, 1.807) is 0 Å². The van der Waals surface area contributed by atoms with Crippen LogP contribution in [0.5, 0.6) is 0 Å². The molecule has 0 unspecified atom stereocenters. The van der Waals surface area contributed by atoms with Gasteiger partial charge < -0.3 is 14.8 Å². The fourth-order valence-electron chi connectivity index (χ4n) is 3.14. The van der Waals surface area contributed by atoms with Crippen molar-refractivity contribution in [2.75, 3.05) is 37.6 Å². The predicted octanol–water partition coefficient (Wildman–Crippen LogP) is -1.46. The summed E-state index contributed by atoms with van der Waals surface area (Å²) in [6.07, 6.45) is 1.08. The van der Waals surface area contributed by atoms with Crippen molar-refractivity contribution in [3.8, 4) is 0 Å². The smallest absolute Gasteiger partial charge is 0.550 e. The van der Waals surface area contributed by atoms with E-state index in [-0.39, 0.29) is 36.0 Å². The molecule has 0 radical (unpaired) electrons. The molecule has 25 heavy (non-hydrogen) atoms. The van der Waals surface area contributed by atoms with Gasteiger partial charge in [0.25, 0.3) is 0 Å². The minimum Gasteiger partial charge on any atom is -0.550 e. The van der Waals surface area contributed by atoms with Crippen LogP contribution in [0.25, 0.3) is 0 Å². The van der Waals surface area contributed by atoms with Crippen molar-refractivity contribution in [3.05, 3.63) is 65.7 Å². The monoisotopic (exact) mass is 346 g/mol. The average Bonchev–Trinajstić information content (AvgIpc) is 2.62. The molecular formula is C20H23N2NaO2. The fraction of sp³-hybridized carbons (Fsp3) is 0.350. The van der Waals surface area contributed by atoms with Gasteiger partial charge in [-0.05, 0) is 36.1 Å². The molecule has 1 aliphatic heterocycles. The van der Waals surface area contributed by atoms with Gasteiger partial charge in [-0.25, -0.2) is 0 Å². The molecule has 5 heteroatoms. The second-order valence-electron chi connectivity index (χ2n) is 6.28. The molecule has 0 aliphatic carbocycles. The minimum absolute atomic E-state index is 0. The van der Waals surface area contributed by atoms with Crippen molar-refractivity contribution in [2.45, 2.75) is 12.8 Å². The zero-order valence-corrected chi connectivity index (χ0v) is 16.9. The Bertz CT molecular complexity index is 653. The van der Waals surface area contributed by atoms with Crippen molar-refractivity contribution in [3.63, 3.8) is 0 Å². The van der Waals surface area contributed by atoms with E-state index >= 15 is 0 Å². The summed E-state index contributed by atoms with van der Waals surface area (Å²) in [7, 11) is 0. The second kappa shape index (κ2) is 9.97. The number of piperazine rings is 1. The fourth-order valence-corrected chi connectivity index (χ4v) is 3.14. The van der Waals surface area contributed by atoms with E-state index in [1.165, 1.54) is 16.8 Å². The number of carboxylic acid groups (broad SMARTS) is 1. The van der Waals surface area contributed by atoms with Crippen molar-refractivity contribution < 1.29 is 39.5 Å². The van der Waals surface area contributed by atoms with Gasteiger partial charge in [0.1, 0.15) is 0 Å². The normalized spacial score (nSPS) is 14.8. The molecule has 0 aromatic heterocycles. The third kappa shape index (κ3) is 6.15. The molecule has 1 saturated heterocycles. The van der Waals surface area contributed by atoms with E-state index in [9.17, 15) is 9.90 Å². The predicted molar refractivity (Wildman–Crippen MR) is 94.0 cm³/mol. The Morgan fingerprint density at radius 3 is 2.08 bits per heavy atom. The first-order chi connectivity index (χ1) is 11.7. The number of hydrogen-bond donors (Lipinski definition) is 0. The number of anilines is 1. The molecule has 0 spiro atoms. The Morgan fingerprint density at radius 2 is 1.48 bits per heavy atom. The maximum Gasteiger partial charge on any atom is 1.00 e. The van der Waals surface area contributed by atoms with E-state index in [0.29, 0.717) is 6.54 Å². The number of carbonyl (C=O) groups is 1. The molecule has 4 nitrogen and oxygen atoms in total. The largest absolute Gasteiger partial charge is 1.00 e. The van der Waals surface area contributed by atoms with Crippen LogP contribution in [0, 0.1) is 0 Å². The Labute approximate surface area is 171 Å². The van der Waals surface area contributed by atoms with Gasteiger partial charge in [0.2, 0.25) is 0 Å². The molecule has 2 aromatic carbocycles. The molecule has 0 amide bonds. The van der Waals surface area contributed by atoms with Crippen LogP contribution in [-0.4, -0.2) is 43.6 Å². The number of aliphatic carboxylic acids is 1. The molecule has 0 atom stereocenters. The summed E-state index contributed by atoms with van der Waals surface area (Å²) in [6, 6.07) is 19.3. The van der Waals surface area contributed by atoms with Crippen molar-refractivity contribution in [2.24, 2.45) is 0 Å². The van der Waals surface area contributed by atoms with Gasteiger partial charge >= 0.3 is 29.6 Å². The summed E-state index contributed by atoms with van der Waals surface area (Å²) in [5, 5.41) is 10.5. The first-order valence-corrected chi connectivity index (χ1v) is 8.51. The number of carbonyl (C=O) groups excluding carboxylic acids is 1. The third-order valence-corrected chi connectivity index (χ3v) is 4.56. The van der Waals surface area contributed by atoms with Crippen LogP contribution in [0.3, 0.4) is 0 Å². The number of benzene rings is 2. The molecule has 126 valence electrons. The van der Waals surface area contributed by atoms with Gasteiger partial charge in [0.15, 0.2) is 0 Å². The Morgan fingerprint density at radius 1 is 0.880 bits per heavy atom. The molecule has 1 heterocycles. The molecule has 0 bridgehead atoms. The number of nitrogens with zero attached hydrogens (tertiary/aromatic N) is 2. The molecule has 3 rings (SSSR count). The van der Waals surface area contributed by atoms with Crippen LogP contribution in [0.2, 0.25) is 0 Å². The van der Waals surface area contributed by atoms with Crippen molar-refractivity contribution in [1.82, 2.24) is 4.90 Å². The molecular weight excluding hydrogens is 323 g/mol. The molecule has 0 saturated carbocycles. The first-order valence-electron chi connectivity index (χ1n) is 8.51. The summed E-state index contributed by atoms with van der Waals surface area (Å²) in [6.45, 7) is 4.26. The van der Waals surface area contributed by atoms with Crippen LogP contribution in [0.1, 0.15) is 17.5 Å². The SMILES string of the molecule is O=C([O-])CCN1CCN(c2ccc(Cc3ccccc3)cc2)CC1.[Na+]. The summed E-state index contributed by atoms with van der Waals surface area (Å²) < 4.78 is 0. The number of rotatable bonds is 6. The number of hydrogen-bond acceptors (Lipinski definition) is 4. The maximum atomic E-state index is 10.5. The minimum atomic E-state index is -0.966. The third-order valence-electron chi connectivity index (χ3n) is 4.56. The first kappa shape index (κ1) is 20.0. The van der Waals surface area contributed by atoms with Crippen LogP contribution in [0.15, 0.2) is 54.6 Å². The van der Waals surface area contributed by atoms with Crippen molar-refractivity contribution >= 4 is 11.7 Å². The van der Waals surface area contributed by atoms with E-state index < -0.39 is 5.97 Å². The van der Waals surface area contributed by atoms with E-state index in [2.05, 4.69) is 58.3 Å². The average molecular weight is 346 g/mol. The van der Waals surface area contributed by atoms with E-state index in [0.717, 1.165) is 32.6 Å². The van der Waals surface area contributed by atoms with Gasteiger partial charge in [0.05, 0.1) is 0 Å². The summed E-state index contributed by atoms with van der Waals surface area (Å²) >= 11 is 0. The molecule has 1 aliphatic rings. The van der Waals surface area contributed by atoms with Gasteiger partial charge in [0, 0.05) is 44.4 Å². The van der Waals surface area contributed by atoms with Crippen LogP contribution in [-0.2, 0) is 11.2 Å². The Hall–Kier alpha value is -1.33. The van der Waals surface area contributed by atoms with Gasteiger partial charge in [-0.15, -0.1) is 0 Å². The van der Waals surface area contributed by atoms with E-state index in [4.69, 9.17) is 0 Å². The van der Waals surface area contributed by atoms with Crippen molar-refractivity contribution in [1.29, 1.82) is 0 Å². The van der Waals surface area contributed by atoms with Gasteiger partial charge in [-0.3, -0.25) is 4.90 Å². The van der Waals surface area contributed by atoms with E-state index in [1.807, 2.05) is 6.07 Å². The summed E-state index contributed by atoms with van der Waals surface area (Å²) in [4.78, 5) is 15.1. The van der Waals surface area contributed by atoms with Crippen LogP contribution in [0.4, 0.5) is 5.69 Å². The summed E-state index contributed by atoms with van der Waals surface area (Å²) in [5.74, 6) is -0.966.